The number of hydrogen-bond acceptors (Lipinski definition) is 5. The maximum absolute atomic E-state index is 12.1. The third-order valence-corrected chi connectivity index (χ3v) is 5.51. The third-order valence-electron chi connectivity index (χ3n) is 2.75. The lowest BCUT2D eigenvalue weighted by Gasteiger charge is -2.02. The van der Waals surface area contributed by atoms with Crippen LogP contribution in [0.5, 0.6) is 0 Å². The summed E-state index contributed by atoms with van der Waals surface area (Å²) in [6.45, 7) is 0. The molecule has 0 aliphatic heterocycles. The fourth-order valence-electron chi connectivity index (χ4n) is 1.81. The maximum atomic E-state index is 12.1. The van der Waals surface area contributed by atoms with E-state index in [1.807, 2.05) is 22.2 Å². The van der Waals surface area contributed by atoms with Crippen LogP contribution in [0.3, 0.4) is 0 Å². The van der Waals surface area contributed by atoms with Crippen molar-refractivity contribution in [1.82, 2.24) is 0 Å². The SMILES string of the molecule is NC(=O)c1sc(-c2ccsc2)cc1NC(=O)c1cccs1. The summed E-state index contributed by atoms with van der Waals surface area (Å²) in [5, 5.41) is 8.54. The molecule has 0 bridgehead atoms. The van der Waals surface area contributed by atoms with Gasteiger partial charge in [-0.05, 0) is 34.3 Å². The monoisotopic (exact) mass is 334 g/mol. The highest BCUT2D eigenvalue weighted by Gasteiger charge is 2.18. The van der Waals surface area contributed by atoms with Gasteiger partial charge in [0, 0.05) is 10.4 Å². The van der Waals surface area contributed by atoms with E-state index in [4.69, 9.17) is 5.73 Å². The molecule has 0 atom stereocenters. The van der Waals surface area contributed by atoms with Crippen LogP contribution in [0.2, 0.25) is 0 Å². The highest BCUT2D eigenvalue weighted by Crippen LogP contribution is 2.35. The molecule has 0 aromatic carbocycles. The van der Waals surface area contributed by atoms with Gasteiger partial charge in [0.05, 0.1) is 10.6 Å². The van der Waals surface area contributed by atoms with Gasteiger partial charge < -0.3 is 11.1 Å². The van der Waals surface area contributed by atoms with Gasteiger partial charge in [0.25, 0.3) is 11.8 Å². The lowest BCUT2D eigenvalue weighted by molar-refractivity contribution is 0.100. The Labute approximate surface area is 132 Å². The van der Waals surface area contributed by atoms with Crippen molar-refractivity contribution in [3.05, 3.63) is 50.2 Å². The summed E-state index contributed by atoms with van der Waals surface area (Å²) in [6, 6.07) is 7.29. The summed E-state index contributed by atoms with van der Waals surface area (Å²) >= 11 is 4.21. The van der Waals surface area contributed by atoms with Gasteiger partial charge in [-0.2, -0.15) is 11.3 Å². The number of hydrogen-bond donors (Lipinski definition) is 2. The molecule has 3 aromatic rings. The van der Waals surface area contributed by atoms with Crippen LogP contribution < -0.4 is 11.1 Å². The maximum Gasteiger partial charge on any atom is 0.265 e. The lowest BCUT2D eigenvalue weighted by atomic mass is 10.2. The number of amides is 2. The van der Waals surface area contributed by atoms with Crippen LogP contribution in [-0.2, 0) is 0 Å². The molecular formula is C14H10N2O2S3. The van der Waals surface area contributed by atoms with Gasteiger partial charge in [0.2, 0.25) is 0 Å². The van der Waals surface area contributed by atoms with Crippen molar-refractivity contribution in [2.45, 2.75) is 0 Å². The number of primary amides is 1. The first-order valence-electron chi connectivity index (χ1n) is 5.96. The van der Waals surface area contributed by atoms with E-state index in [2.05, 4.69) is 5.32 Å². The first-order chi connectivity index (χ1) is 10.1. The van der Waals surface area contributed by atoms with Gasteiger partial charge in [-0.25, -0.2) is 0 Å². The second-order valence-corrected chi connectivity index (χ2v) is 6.94. The van der Waals surface area contributed by atoms with E-state index in [0.717, 1.165) is 10.4 Å². The van der Waals surface area contributed by atoms with Gasteiger partial charge in [0.15, 0.2) is 0 Å². The van der Waals surface area contributed by atoms with Crippen molar-refractivity contribution in [2.24, 2.45) is 5.73 Å². The van der Waals surface area contributed by atoms with Crippen LogP contribution in [0.1, 0.15) is 19.3 Å². The number of anilines is 1. The van der Waals surface area contributed by atoms with E-state index in [0.29, 0.717) is 15.4 Å². The van der Waals surface area contributed by atoms with Gasteiger partial charge in [0.1, 0.15) is 4.88 Å². The number of nitrogens with one attached hydrogen (secondary N) is 1. The Morgan fingerprint density at radius 3 is 2.67 bits per heavy atom. The Morgan fingerprint density at radius 2 is 2.05 bits per heavy atom. The molecule has 0 unspecified atom stereocenters. The molecule has 3 aromatic heterocycles. The molecule has 0 saturated carbocycles. The molecular weight excluding hydrogens is 324 g/mol. The van der Waals surface area contributed by atoms with Crippen LogP contribution in [0.4, 0.5) is 5.69 Å². The smallest absolute Gasteiger partial charge is 0.265 e. The Bertz CT molecular complexity index is 773. The van der Waals surface area contributed by atoms with E-state index in [9.17, 15) is 9.59 Å². The highest BCUT2D eigenvalue weighted by atomic mass is 32.1. The van der Waals surface area contributed by atoms with Crippen molar-refractivity contribution in [1.29, 1.82) is 0 Å². The van der Waals surface area contributed by atoms with Gasteiger partial charge in [-0.15, -0.1) is 22.7 Å². The van der Waals surface area contributed by atoms with Crippen LogP contribution in [-0.4, -0.2) is 11.8 Å². The van der Waals surface area contributed by atoms with Crippen molar-refractivity contribution < 1.29 is 9.59 Å². The Hall–Kier alpha value is -1.96. The first-order valence-corrected chi connectivity index (χ1v) is 8.60. The predicted octanol–water partition coefficient (Wildman–Crippen LogP) is 3.89. The van der Waals surface area contributed by atoms with Gasteiger partial charge >= 0.3 is 0 Å². The van der Waals surface area contributed by atoms with Crippen molar-refractivity contribution in [3.8, 4) is 10.4 Å². The van der Waals surface area contributed by atoms with E-state index in [1.54, 1.807) is 29.5 Å². The van der Waals surface area contributed by atoms with Gasteiger partial charge in [-0.3, -0.25) is 9.59 Å². The summed E-state index contributed by atoms with van der Waals surface area (Å²) in [7, 11) is 0. The minimum absolute atomic E-state index is 0.234. The van der Waals surface area contributed by atoms with Crippen molar-refractivity contribution in [3.63, 3.8) is 0 Å². The number of nitrogens with two attached hydrogens (primary N) is 1. The highest BCUT2D eigenvalue weighted by molar-refractivity contribution is 7.18. The number of rotatable bonds is 4. The van der Waals surface area contributed by atoms with Gasteiger partial charge in [-0.1, -0.05) is 6.07 Å². The summed E-state index contributed by atoms with van der Waals surface area (Å²) in [5.74, 6) is -0.773. The predicted molar refractivity (Wildman–Crippen MR) is 88.4 cm³/mol. The zero-order chi connectivity index (χ0) is 14.8. The molecule has 0 aliphatic rings. The molecule has 4 nitrogen and oxygen atoms in total. The average molecular weight is 334 g/mol. The van der Waals surface area contributed by atoms with E-state index >= 15 is 0 Å². The largest absolute Gasteiger partial charge is 0.365 e. The molecule has 0 fully saturated rings. The summed E-state index contributed by atoms with van der Waals surface area (Å²) in [4.78, 5) is 25.5. The molecule has 106 valence electrons. The quantitative estimate of drug-likeness (QED) is 0.760. The molecule has 0 aliphatic carbocycles. The third kappa shape index (κ3) is 2.90. The molecule has 0 radical (unpaired) electrons. The van der Waals surface area contributed by atoms with Crippen LogP contribution >= 0.6 is 34.0 Å². The molecule has 21 heavy (non-hydrogen) atoms. The molecule has 3 N–H and O–H groups in total. The second kappa shape index (κ2) is 5.80. The Balaban J connectivity index is 1.94. The summed E-state index contributed by atoms with van der Waals surface area (Å²) < 4.78 is 0. The molecule has 3 rings (SSSR count). The fourth-order valence-corrected chi connectivity index (χ4v) is 4.12. The van der Waals surface area contributed by atoms with E-state index < -0.39 is 5.91 Å². The molecule has 7 heteroatoms. The van der Waals surface area contributed by atoms with E-state index in [-0.39, 0.29) is 5.91 Å². The minimum atomic E-state index is -0.539. The van der Waals surface area contributed by atoms with Crippen LogP contribution in [0.15, 0.2) is 40.4 Å². The molecule has 0 saturated heterocycles. The number of carbonyl (C=O) groups excluding carboxylic acids is 2. The zero-order valence-corrected chi connectivity index (χ0v) is 13.1. The number of thiophene rings is 3. The standard InChI is InChI=1S/C14H10N2O2S3/c15-13(17)12-9(16-14(18)10-2-1-4-20-10)6-11(21-12)8-3-5-19-7-8/h1-7H,(H2,15,17)(H,16,18). The number of carbonyl (C=O) groups is 2. The van der Waals surface area contributed by atoms with Crippen molar-refractivity contribution in [2.75, 3.05) is 5.32 Å². The lowest BCUT2D eigenvalue weighted by Crippen LogP contribution is -2.15. The van der Waals surface area contributed by atoms with Crippen LogP contribution in [0.25, 0.3) is 10.4 Å². The zero-order valence-electron chi connectivity index (χ0n) is 10.7. The molecule has 3 heterocycles. The fraction of sp³-hybridized carbons (Fsp3) is 0. The Kier molecular flexibility index (Phi) is 3.87. The summed E-state index contributed by atoms with van der Waals surface area (Å²) in [5.41, 5.74) is 6.88. The first kappa shape index (κ1) is 14.0. The van der Waals surface area contributed by atoms with E-state index in [1.165, 1.54) is 22.7 Å². The Morgan fingerprint density at radius 1 is 1.19 bits per heavy atom. The molecule has 2 amide bonds. The van der Waals surface area contributed by atoms with Crippen LogP contribution in [0, 0.1) is 0 Å². The van der Waals surface area contributed by atoms with Crippen molar-refractivity contribution >= 4 is 51.5 Å². The normalized spacial score (nSPS) is 10.5. The topological polar surface area (TPSA) is 72.2 Å². The summed E-state index contributed by atoms with van der Waals surface area (Å²) in [6.07, 6.45) is 0. The average Bonchev–Trinajstić information content (AvgIpc) is 3.20. The molecule has 0 spiro atoms. The minimum Gasteiger partial charge on any atom is -0.365 e. The second-order valence-electron chi connectivity index (χ2n) is 4.16.